The number of aromatic nitrogens is 1. The lowest BCUT2D eigenvalue weighted by Gasteiger charge is -2.09. The smallest absolute Gasteiger partial charge is 0.261 e. The molecule has 0 fully saturated rings. The van der Waals surface area contributed by atoms with E-state index in [2.05, 4.69) is 34.1 Å². The number of thiazole rings is 1. The lowest BCUT2D eigenvalue weighted by atomic mass is 10.1. The van der Waals surface area contributed by atoms with E-state index < -0.39 is 10.0 Å². The molecule has 174 valence electrons. The van der Waals surface area contributed by atoms with E-state index in [1.54, 1.807) is 36.4 Å². The molecular weight excluding hydrogens is 470 g/mol. The second-order valence-corrected chi connectivity index (χ2v) is 9.94. The van der Waals surface area contributed by atoms with E-state index in [4.69, 9.17) is 4.74 Å². The van der Waals surface area contributed by atoms with Crippen molar-refractivity contribution < 1.29 is 17.9 Å². The van der Waals surface area contributed by atoms with Crippen molar-refractivity contribution in [1.29, 1.82) is 0 Å². The molecule has 0 unspecified atom stereocenters. The Morgan fingerprint density at radius 3 is 2.26 bits per heavy atom. The lowest BCUT2D eigenvalue weighted by Crippen LogP contribution is -2.14. The standard InChI is InChI=1S/C25H23N3O4S2/c1-3-17-4-6-18(7-5-17)23-16-33-25(26-23)27-24(29)19-8-10-20(11-9-19)28-34(30,31)22-14-12-21(32-2)13-15-22/h4-16,28H,3H2,1-2H3,(H,26,27,29). The van der Waals surface area contributed by atoms with Gasteiger partial charge in [-0.05, 0) is 60.5 Å². The van der Waals surface area contributed by atoms with E-state index in [0.717, 1.165) is 17.7 Å². The van der Waals surface area contributed by atoms with Gasteiger partial charge in [-0.1, -0.05) is 31.2 Å². The third-order valence-electron chi connectivity index (χ3n) is 5.15. The first-order valence-corrected chi connectivity index (χ1v) is 12.9. The average molecular weight is 494 g/mol. The van der Waals surface area contributed by atoms with Gasteiger partial charge in [0.15, 0.2) is 5.13 Å². The van der Waals surface area contributed by atoms with Crippen molar-refractivity contribution in [3.63, 3.8) is 0 Å². The van der Waals surface area contributed by atoms with Gasteiger partial charge in [0.2, 0.25) is 0 Å². The van der Waals surface area contributed by atoms with E-state index in [1.807, 2.05) is 17.5 Å². The number of aryl methyl sites for hydroxylation is 1. The molecule has 0 saturated carbocycles. The monoisotopic (exact) mass is 493 g/mol. The van der Waals surface area contributed by atoms with Crippen molar-refractivity contribution in [2.45, 2.75) is 18.2 Å². The molecule has 7 nitrogen and oxygen atoms in total. The molecule has 0 aliphatic rings. The Labute approximate surface area is 202 Å². The van der Waals surface area contributed by atoms with Gasteiger partial charge in [0.25, 0.3) is 15.9 Å². The molecule has 2 N–H and O–H groups in total. The molecule has 3 aromatic carbocycles. The largest absolute Gasteiger partial charge is 0.497 e. The number of nitrogens with zero attached hydrogens (tertiary/aromatic N) is 1. The summed E-state index contributed by atoms with van der Waals surface area (Å²) in [6, 6.07) is 20.4. The zero-order valence-electron chi connectivity index (χ0n) is 18.6. The van der Waals surface area contributed by atoms with Crippen LogP contribution >= 0.6 is 11.3 Å². The molecule has 0 radical (unpaired) electrons. The third-order valence-corrected chi connectivity index (χ3v) is 7.31. The summed E-state index contributed by atoms with van der Waals surface area (Å²) in [5, 5.41) is 5.18. The van der Waals surface area contributed by atoms with Crippen molar-refractivity contribution in [1.82, 2.24) is 4.98 Å². The number of ether oxygens (including phenoxy) is 1. The van der Waals surface area contributed by atoms with E-state index in [1.165, 1.54) is 36.1 Å². The predicted octanol–water partition coefficient (Wildman–Crippen LogP) is 5.43. The molecule has 9 heteroatoms. The minimum atomic E-state index is -3.76. The topological polar surface area (TPSA) is 97.4 Å². The second kappa shape index (κ2) is 10.1. The summed E-state index contributed by atoms with van der Waals surface area (Å²) >= 11 is 1.34. The molecule has 0 atom stereocenters. The molecule has 1 amide bonds. The number of benzene rings is 3. The van der Waals surface area contributed by atoms with Crippen LogP contribution in [0.4, 0.5) is 10.8 Å². The van der Waals surface area contributed by atoms with Gasteiger partial charge >= 0.3 is 0 Å². The Morgan fingerprint density at radius 2 is 1.65 bits per heavy atom. The minimum absolute atomic E-state index is 0.110. The van der Waals surface area contributed by atoms with Crippen LogP contribution < -0.4 is 14.8 Å². The molecule has 34 heavy (non-hydrogen) atoms. The third kappa shape index (κ3) is 5.44. The maximum absolute atomic E-state index is 12.6. The second-order valence-electron chi connectivity index (χ2n) is 7.40. The lowest BCUT2D eigenvalue weighted by molar-refractivity contribution is 0.102. The van der Waals surface area contributed by atoms with Crippen LogP contribution in [0, 0.1) is 0 Å². The van der Waals surface area contributed by atoms with Gasteiger partial charge in [-0.2, -0.15) is 0 Å². The van der Waals surface area contributed by atoms with Crippen LogP contribution in [-0.2, 0) is 16.4 Å². The number of nitrogens with one attached hydrogen (secondary N) is 2. The van der Waals surface area contributed by atoms with Crippen LogP contribution in [0.2, 0.25) is 0 Å². The molecule has 4 rings (SSSR count). The van der Waals surface area contributed by atoms with Crippen molar-refractivity contribution in [2.75, 3.05) is 17.1 Å². The molecule has 0 aliphatic heterocycles. The van der Waals surface area contributed by atoms with Crippen LogP contribution in [0.3, 0.4) is 0 Å². The van der Waals surface area contributed by atoms with Gasteiger partial charge in [-0.3, -0.25) is 14.8 Å². The van der Waals surface area contributed by atoms with Gasteiger partial charge in [0, 0.05) is 22.2 Å². The van der Waals surface area contributed by atoms with Gasteiger partial charge in [0.1, 0.15) is 5.75 Å². The minimum Gasteiger partial charge on any atom is -0.497 e. The van der Waals surface area contributed by atoms with Crippen LogP contribution in [0.5, 0.6) is 5.75 Å². The Balaban J connectivity index is 1.40. The maximum Gasteiger partial charge on any atom is 0.261 e. The number of methoxy groups -OCH3 is 1. The van der Waals surface area contributed by atoms with Crippen LogP contribution in [0.1, 0.15) is 22.8 Å². The first kappa shape index (κ1) is 23.5. The fraction of sp³-hybridized carbons (Fsp3) is 0.120. The number of hydrogen-bond donors (Lipinski definition) is 2. The molecule has 4 aromatic rings. The van der Waals surface area contributed by atoms with E-state index in [9.17, 15) is 13.2 Å². The fourth-order valence-electron chi connectivity index (χ4n) is 3.20. The normalized spacial score (nSPS) is 11.1. The number of carbonyl (C=O) groups excluding carboxylic acids is 1. The summed E-state index contributed by atoms with van der Waals surface area (Å²) < 4.78 is 32.7. The summed E-state index contributed by atoms with van der Waals surface area (Å²) in [6.07, 6.45) is 0.973. The van der Waals surface area contributed by atoms with Crippen molar-refractivity contribution in [3.8, 4) is 17.0 Å². The first-order chi connectivity index (χ1) is 16.4. The van der Waals surface area contributed by atoms with Crippen molar-refractivity contribution in [2.24, 2.45) is 0 Å². The molecular formula is C25H23N3O4S2. The zero-order chi connectivity index (χ0) is 24.1. The predicted molar refractivity (Wildman–Crippen MR) is 135 cm³/mol. The van der Waals surface area contributed by atoms with Gasteiger partial charge in [-0.25, -0.2) is 13.4 Å². The number of amides is 1. The first-order valence-electron chi connectivity index (χ1n) is 10.5. The molecule has 1 aromatic heterocycles. The van der Waals surface area contributed by atoms with Crippen molar-refractivity contribution in [3.05, 3.63) is 89.3 Å². The molecule has 0 aliphatic carbocycles. The SMILES string of the molecule is CCc1ccc(-c2csc(NC(=O)c3ccc(NS(=O)(=O)c4ccc(OC)cc4)cc3)n2)cc1. The molecule has 0 saturated heterocycles. The Bertz CT molecular complexity index is 1380. The summed E-state index contributed by atoms with van der Waals surface area (Å²) in [4.78, 5) is 17.2. The average Bonchev–Trinajstić information content (AvgIpc) is 3.32. The highest BCUT2D eigenvalue weighted by atomic mass is 32.2. The van der Waals surface area contributed by atoms with Gasteiger partial charge in [0.05, 0.1) is 17.7 Å². The highest BCUT2D eigenvalue weighted by Gasteiger charge is 2.15. The quantitative estimate of drug-likeness (QED) is 0.341. The fourth-order valence-corrected chi connectivity index (χ4v) is 4.98. The number of sulfonamides is 1. The van der Waals surface area contributed by atoms with Crippen molar-refractivity contribution >= 4 is 38.1 Å². The Kier molecular flexibility index (Phi) is 6.95. The van der Waals surface area contributed by atoms with E-state index in [-0.39, 0.29) is 10.8 Å². The zero-order valence-corrected chi connectivity index (χ0v) is 20.2. The van der Waals surface area contributed by atoms with Crippen LogP contribution in [-0.4, -0.2) is 26.4 Å². The van der Waals surface area contributed by atoms with Crippen LogP contribution in [0.25, 0.3) is 11.3 Å². The Morgan fingerprint density at radius 1 is 0.971 bits per heavy atom. The summed E-state index contributed by atoms with van der Waals surface area (Å²) in [7, 11) is -2.25. The number of rotatable bonds is 8. The number of carbonyl (C=O) groups is 1. The maximum atomic E-state index is 12.6. The molecule has 0 bridgehead atoms. The molecule has 0 spiro atoms. The Hall–Kier alpha value is -3.69. The van der Waals surface area contributed by atoms with E-state index >= 15 is 0 Å². The number of hydrogen-bond acceptors (Lipinski definition) is 6. The highest BCUT2D eigenvalue weighted by Crippen LogP contribution is 2.26. The number of anilines is 2. The van der Waals surface area contributed by atoms with Gasteiger partial charge in [-0.15, -0.1) is 11.3 Å². The summed E-state index contributed by atoms with van der Waals surface area (Å²) in [5.41, 5.74) is 3.77. The van der Waals surface area contributed by atoms with Gasteiger partial charge < -0.3 is 4.74 Å². The molecule has 1 heterocycles. The summed E-state index contributed by atoms with van der Waals surface area (Å²) in [5.74, 6) is 0.239. The van der Waals surface area contributed by atoms with E-state index in [0.29, 0.717) is 22.1 Å². The summed E-state index contributed by atoms with van der Waals surface area (Å²) in [6.45, 7) is 2.11. The highest BCUT2D eigenvalue weighted by molar-refractivity contribution is 7.92. The van der Waals surface area contributed by atoms with Crippen LogP contribution in [0.15, 0.2) is 83.1 Å².